The normalized spacial score (nSPS) is 13.5. The van der Waals surface area contributed by atoms with Crippen LogP contribution in [0.5, 0.6) is 0 Å². The molecule has 0 unspecified atom stereocenters. The highest BCUT2D eigenvalue weighted by Gasteiger charge is 2.17. The van der Waals surface area contributed by atoms with E-state index in [4.69, 9.17) is 0 Å². The van der Waals surface area contributed by atoms with Crippen molar-refractivity contribution in [3.8, 4) is 0 Å². The largest absolute Gasteiger partial charge is 0.385 e. The van der Waals surface area contributed by atoms with Gasteiger partial charge in [0.2, 0.25) is 0 Å². The summed E-state index contributed by atoms with van der Waals surface area (Å²) < 4.78 is 1.64. The molecule has 98 valence electrons. The Balaban J connectivity index is 1.90. The summed E-state index contributed by atoms with van der Waals surface area (Å²) in [6, 6.07) is 7.59. The molecular formula is C14H16N4O. The summed E-state index contributed by atoms with van der Waals surface area (Å²) in [5.41, 5.74) is 2.92. The third kappa shape index (κ3) is 2.19. The molecule has 0 saturated carbocycles. The Hall–Kier alpha value is -2.30. The zero-order valence-corrected chi connectivity index (χ0v) is 10.8. The lowest BCUT2D eigenvalue weighted by Gasteiger charge is -2.20. The third-order valence-electron chi connectivity index (χ3n) is 3.40. The molecule has 0 spiro atoms. The molecule has 2 heterocycles. The molecule has 0 atom stereocenters. The third-order valence-corrected chi connectivity index (χ3v) is 3.40. The van der Waals surface area contributed by atoms with E-state index < -0.39 is 0 Å². The summed E-state index contributed by atoms with van der Waals surface area (Å²) in [7, 11) is 1.80. The maximum Gasteiger partial charge on any atom is 0.257 e. The molecule has 1 amide bonds. The van der Waals surface area contributed by atoms with Gasteiger partial charge in [0.05, 0.1) is 6.20 Å². The van der Waals surface area contributed by atoms with Crippen LogP contribution in [0, 0.1) is 0 Å². The van der Waals surface area contributed by atoms with Crippen molar-refractivity contribution in [2.24, 2.45) is 7.05 Å². The maximum atomic E-state index is 12.4. The van der Waals surface area contributed by atoms with Crippen molar-refractivity contribution in [2.75, 3.05) is 17.2 Å². The first-order valence-electron chi connectivity index (χ1n) is 6.41. The predicted molar refractivity (Wildman–Crippen MR) is 74.4 cm³/mol. The second kappa shape index (κ2) is 4.76. The standard InChI is InChI=1S/C14H16N4O/c1-18-13(7-9-16-18)17-14(19)11-4-2-6-12-10(11)5-3-8-15-12/h2,4,6-7,9,15H,3,5,8H2,1H3,(H,17,19). The Morgan fingerprint density at radius 2 is 2.32 bits per heavy atom. The molecule has 3 rings (SSSR count). The first kappa shape index (κ1) is 11.8. The molecule has 0 bridgehead atoms. The number of hydrogen-bond acceptors (Lipinski definition) is 3. The van der Waals surface area contributed by atoms with Crippen LogP contribution in [0.3, 0.4) is 0 Å². The zero-order valence-electron chi connectivity index (χ0n) is 10.8. The van der Waals surface area contributed by atoms with Crippen molar-refractivity contribution in [2.45, 2.75) is 12.8 Å². The molecule has 5 heteroatoms. The molecule has 1 aromatic carbocycles. The van der Waals surface area contributed by atoms with Gasteiger partial charge in [-0.15, -0.1) is 0 Å². The van der Waals surface area contributed by atoms with Gasteiger partial charge in [0.1, 0.15) is 5.82 Å². The van der Waals surface area contributed by atoms with E-state index in [9.17, 15) is 4.79 Å². The van der Waals surface area contributed by atoms with E-state index in [1.807, 2.05) is 18.2 Å². The highest BCUT2D eigenvalue weighted by atomic mass is 16.1. The fourth-order valence-electron chi connectivity index (χ4n) is 2.40. The molecule has 5 nitrogen and oxygen atoms in total. The second-order valence-electron chi connectivity index (χ2n) is 4.66. The molecule has 0 fully saturated rings. The van der Waals surface area contributed by atoms with E-state index in [1.54, 1.807) is 24.0 Å². The van der Waals surface area contributed by atoms with E-state index in [1.165, 1.54) is 0 Å². The number of hydrogen-bond donors (Lipinski definition) is 2. The van der Waals surface area contributed by atoms with Gasteiger partial charge < -0.3 is 10.6 Å². The van der Waals surface area contributed by atoms with Gasteiger partial charge in [-0.25, -0.2) is 0 Å². The Kier molecular flexibility index (Phi) is 2.95. The highest BCUT2D eigenvalue weighted by molar-refractivity contribution is 6.05. The van der Waals surface area contributed by atoms with E-state index in [0.29, 0.717) is 5.82 Å². The lowest BCUT2D eigenvalue weighted by Crippen LogP contribution is -2.20. The number of carbonyl (C=O) groups is 1. The molecule has 0 radical (unpaired) electrons. The number of aromatic nitrogens is 2. The maximum absolute atomic E-state index is 12.4. The monoisotopic (exact) mass is 256 g/mol. The minimum absolute atomic E-state index is 0.0795. The van der Waals surface area contributed by atoms with Crippen molar-refractivity contribution < 1.29 is 4.79 Å². The molecule has 2 N–H and O–H groups in total. The number of benzene rings is 1. The van der Waals surface area contributed by atoms with Crippen LogP contribution in [-0.4, -0.2) is 22.2 Å². The van der Waals surface area contributed by atoms with Gasteiger partial charge >= 0.3 is 0 Å². The van der Waals surface area contributed by atoms with Crippen LogP contribution in [0.1, 0.15) is 22.3 Å². The Morgan fingerprint density at radius 1 is 1.42 bits per heavy atom. The summed E-state index contributed by atoms with van der Waals surface area (Å²) >= 11 is 0. The topological polar surface area (TPSA) is 59.0 Å². The Labute approximate surface area is 111 Å². The van der Waals surface area contributed by atoms with Crippen molar-refractivity contribution in [1.82, 2.24) is 9.78 Å². The lowest BCUT2D eigenvalue weighted by molar-refractivity contribution is 0.102. The first-order valence-corrected chi connectivity index (χ1v) is 6.41. The molecule has 2 aromatic rings. The second-order valence-corrected chi connectivity index (χ2v) is 4.66. The smallest absolute Gasteiger partial charge is 0.257 e. The summed E-state index contributed by atoms with van der Waals surface area (Å²) in [5.74, 6) is 0.621. The number of aryl methyl sites for hydroxylation is 1. The van der Waals surface area contributed by atoms with Crippen molar-refractivity contribution in [3.05, 3.63) is 41.6 Å². The summed E-state index contributed by atoms with van der Waals surface area (Å²) in [6.45, 7) is 0.972. The number of fused-ring (bicyclic) bond motifs is 1. The van der Waals surface area contributed by atoms with Gasteiger partial charge in [0.25, 0.3) is 5.91 Å². The minimum Gasteiger partial charge on any atom is -0.385 e. The number of anilines is 2. The van der Waals surface area contributed by atoms with Gasteiger partial charge in [-0.05, 0) is 30.5 Å². The van der Waals surface area contributed by atoms with Gasteiger partial charge in [-0.1, -0.05) is 6.07 Å². The van der Waals surface area contributed by atoms with Gasteiger partial charge in [-0.3, -0.25) is 9.48 Å². The Bertz CT molecular complexity index is 618. The summed E-state index contributed by atoms with van der Waals surface area (Å²) in [5, 5.41) is 10.3. The van der Waals surface area contributed by atoms with Crippen LogP contribution in [0.25, 0.3) is 0 Å². The van der Waals surface area contributed by atoms with Crippen LogP contribution < -0.4 is 10.6 Å². The summed E-state index contributed by atoms with van der Waals surface area (Å²) in [4.78, 5) is 12.4. The number of carbonyl (C=O) groups excluding carboxylic acids is 1. The first-order chi connectivity index (χ1) is 9.25. The van der Waals surface area contributed by atoms with E-state index in [0.717, 1.165) is 36.2 Å². The SMILES string of the molecule is Cn1nccc1NC(=O)c1cccc2c1CCCN2. The van der Waals surface area contributed by atoms with Gasteiger partial charge in [0, 0.05) is 30.9 Å². The molecule has 1 aromatic heterocycles. The average Bonchev–Trinajstić information content (AvgIpc) is 2.83. The molecule has 19 heavy (non-hydrogen) atoms. The fraction of sp³-hybridized carbons (Fsp3) is 0.286. The van der Waals surface area contributed by atoms with Crippen molar-refractivity contribution in [1.29, 1.82) is 0 Å². The van der Waals surface area contributed by atoms with Crippen molar-refractivity contribution in [3.63, 3.8) is 0 Å². The van der Waals surface area contributed by atoms with E-state index >= 15 is 0 Å². The van der Waals surface area contributed by atoms with Crippen molar-refractivity contribution >= 4 is 17.4 Å². The van der Waals surface area contributed by atoms with Crippen LogP contribution in [-0.2, 0) is 13.5 Å². The van der Waals surface area contributed by atoms with Gasteiger partial charge in [-0.2, -0.15) is 5.10 Å². The number of amides is 1. The molecule has 0 aliphatic carbocycles. The summed E-state index contributed by atoms with van der Waals surface area (Å²) in [6.07, 6.45) is 3.66. The van der Waals surface area contributed by atoms with Gasteiger partial charge in [0.15, 0.2) is 0 Å². The fourth-order valence-corrected chi connectivity index (χ4v) is 2.40. The van der Waals surface area contributed by atoms with E-state index in [2.05, 4.69) is 15.7 Å². The van der Waals surface area contributed by atoms with Crippen LogP contribution in [0.15, 0.2) is 30.5 Å². The number of nitrogens with one attached hydrogen (secondary N) is 2. The van der Waals surface area contributed by atoms with Crippen LogP contribution >= 0.6 is 0 Å². The average molecular weight is 256 g/mol. The Morgan fingerprint density at radius 3 is 3.11 bits per heavy atom. The molecule has 1 aliphatic heterocycles. The van der Waals surface area contributed by atoms with Crippen LogP contribution in [0.2, 0.25) is 0 Å². The molecule has 1 aliphatic rings. The number of nitrogens with zero attached hydrogens (tertiary/aromatic N) is 2. The van der Waals surface area contributed by atoms with Crippen LogP contribution in [0.4, 0.5) is 11.5 Å². The zero-order chi connectivity index (χ0) is 13.2. The minimum atomic E-state index is -0.0795. The molecule has 0 saturated heterocycles. The quantitative estimate of drug-likeness (QED) is 0.864. The number of rotatable bonds is 2. The molecular weight excluding hydrogens is 240 g/mol. The predicted octanol–water partition coefficient (Wildman–Crippen LogP) is 2.03. The van der Waals surface area contributed by atoms with E-state index in [-0.39, 0.29) is 5.91 Å². The highest BCUT2D eigenvalue weighted by Crippen LogP contribution is 2.25. The lowest BCUT2D eigenvalue weighted by atomic mass is 9.97.